The first-order valence-corrected chi connectivity index (χ1v) is 7.79. The van der Waals surface area contributed by atoms with E-state index in [9.17, 15) is 9.90 Å². The van der Waals surface area contributed by atoms with E-state index in [4.69, 9.17) is 0 Å². The lowest BCUT2D eigenvalue weighted by atomic mass is 9.64. The van der Waals surface area contributed by atoms with E-state index in [-0.39, 0.29) is 5.41 Å². The van der Waals surface area contributed by atoms with Crippen molar-refractivity contribution in [2.45, 2.75) is 59.8 Å². The second kappa shape index (κ2) is 7.28. The first kappa shape index (κ1) is 16.5. The zero-order chi connectivity index (χ0) is 14.5. The summed E-state index contributed by atoms with van der Waals surface area (Å²) in [6.07, 6.45) is 4.84. The molecular formula is C16H31NO2. The van der Waals surface area contributed by atoms with E-state index in [2.05, 4.69) is 33.0 Å². The van der Waals surface area contributed by atoms with Crippen molar-refractivity contribution in [1.29, 1.82) is 0 Å². The van der Waals surface area contributed by atoms with Gasteiger partial charge >= 0.3 is 5.97 Å². The number of aliphatic carboxylic acids is 1. The van der Waals surface area contributed by atoms with E-state index < -0.39 is 5.97 Å². The second-order valence-electron chi connectivity index (χ2n) is 7.07. The summed E-state index contributed by atoms with van der Waals surface area (Å²) >= 11 is 0. The van der Waals surface area contributed by atoms with E-state index >= 15 is 0 Å². The minimum atomic E-state index is -0.647. The Balaban J connectivity index is 2.61. The molecule has 0 bridgehead atoms. The Morgan fingerprint density at radius 1 is 1.37 bits per heavy atom. The lowest BCUT2D eigenvalue weighted by Crippen LogP contribution is -2.42. The molecule has 19 heavy (non-hydrogen) atoms. The summed E-state index contributed by atoms with van der Waals surface area (Å²) in [5.41, 5.74) is -0.0314. The Labute approximate surface area is 118 Å². The van der Waals surface area contributed by atoms with Crippen LogP contribution < -0.4 is 5.32 Å². The molecule has 2 unspecified atom stereocenters. The maximum absolute atomic E-state index is 11.2. The van der Waals surface area contributed by atoms with Crippen LogP contribution in [0.25, 0.3) is 0 Å². The van der Waals surface area contributed by atoms with Crippen LogP contribution in [0.3, 0.4) is 0 Å². The maximum Gasteiger partial charge on any atom is 0.303 e. The van der Waals surface area contributed by atoms with Gasteiger partial charge in [0, 0.05) is 6.54 Å². The van der Waals surface area contributed by atoms with Crippen LogP contribution in [0.15, 0.2) is 0 Å². The lowest BCUT2D eigenvalue weighted by Gasteiger charge is -2.42. The maximum atomic E-state index is 11.2. The highest BCUT2D eigenvalue weighted by Gasteiger charge is 2.39. The van der Waals surface area contributed by atoms with Crippen LogP contribution >= 0.6 is 0 Å². The van der Waals surface area contributed by atoms with Crippen molar-refractivity contribution in [2.24, 2.45) is 23.2 Å². The van der Waals surface area contributed by atoms with Gasteiger partial charge in [-0.25, -0.2) is 0 Å². The Morgan fingerprint density at radius 3 is 2.42 bits per heavy atom. The molecular weight excluding hydrogens is 238 g/mol. The third-order valence-electron chi connectivity index (χ3n) is 4.58. The standard InChI is InChI=1S/C16H31NO2/c1-5-12(2)10-17-11-16(9-15(18)19)7-13(3)6-14(4)8-16/h12-14,17H,5-11H2,1-4H3,(H,18,19)/t12?,13-,14+,16?. The molecule has 112 valence electrons. The molecule has 1 aliphatic rings. The van der Waals surface area contributed by atoms with Crippen LogP contribution in [0.2, 0.25) is 0 Å². The zero-order valence-corrected chi connectivity index (χ0v) is 13.0. The molecule has 2 N–H and O–H groups in total. The molecule has 1 rings (SSSR count). The topological polar surface area (TPSA) is 49.3 Å². The van der Waals surface area contributed by atoms with Crippen molar-refractivity contribution in [2.75, 3.05) is 13.1 Å². The predicted molar refractivity (Wildman–Crippen MR) is 79.2 cm³/mol. The van der Waals surface area contributed by atoms with Crippen LogP contribution in [-0.4, -0.2) is 24.2 Å². The van der Waals surface area contributed by atoms with Gasteiger partial charge in [-0.1, -0.05) is 34.1 Å². The highest BCUT2D eigenvalue weighted by molar-refractivity contribution is 5.67. The molecule has 1 saturated carbocycles. The minimum Gasteiger partial charge on any atom is -0.481 e. The third-order valence-corrected chi connectivity index (χ3v) is 4.58. The first-order valence-electron chi connectivity index (χ1n) is 7.79. The van der Waals surface area contributed by atoms with Gasteiger partial charge in [-0.3, -0.25) is 4.79 Å². The van der Waals surface area contributed by atoms with Gasteiger partial charge in [0.1, 0.15) is 0 Å². The van der Waals surface area contributed by atoms with Crippen molar-refractivity contribution in [1.82, 2.24) is 5.32 Å². The van der Waals surface area contributed by atoms with E-state index in [1.807, 2.05) is 0 Å². The van der Waals surface area contributed by atoms with Crippen LogP contribution in [0, 0.1) is 23.2 Å². The molecule has 0 saturated heterocycles. The third kappa shape index (κ3) is 5.52. The molecule has 4 atom stereocenters. The van der Waals surface area contributed by atoms with Gasteiger partial charge in [-0.15, -0.1) is 0 Å². The summed E-state index contributed by atoms with van der Waals surface area (Å²) in [5, 5.41) is 12.8. The first-order chi connectivity index (χ1) is 8.87. The van der Waals surface area contributed by atoms with Gasteiger partial charge in [-0.05, 0) is 49.0 Å². The Hall–Kier alpha value is -0.570. The Morgan fingerprint density at radius 2 is 1.95 bits per heavy atom. The summed E-state index contributed by atoms with van der Waals surface area (Å²) in [6.45, 7) is 10.8. The molecule has 0 aromatic heterocycles. The number of carboxylic acids is 1. The summed E-state index contributed by atoms with van der Waals surface area (Å²) in [6, 6.07) is 0. The molecule has 0 amide bonds. The molecule has 1 aliphatic carbocycles. The second-order valence-corrected chi connectivity index (χ2v) is 7.07. The van der Waals surface area contributed by atoms with Crippen molar-refractivity contribution in [3.05, 3.63) is 0 Å². The number of nitrogens with one attached hydrogen (secondary N) is 1. The predicted octanol–water partition coefficient (Wildman–Crippen LogP) is 3.54. The smallest absolute Gasteiger partial charge is 0.303 e. The minimum absolute atomic E-state index is 0.0314. The number of rotatable bonds is 7. The summed E-state index contributed by atoms with van der Waals surface area (Å²) < 4.78 is 0. The Kier molecular flexibility index (Phi) is 6.31. The number of carbonyl (C=O) groups is 1. The summed E-state index contributed by atoms with van der Waals surface area (Å²) in [5.74, 6) is 1.31. The van der Waals surface area contributed by atoms with Gasteiger partial charge < -0.3 is 10.4 Å². The summed E-state index contributed by atoms with van der Waals surface area (Å²) in [7, 11) is 0. The van der Waals surface area contributed by atoms with Crippen LogP contribution in [0.5, 0.6) is 0 Å². The lowest BCUT2D eigenvalue weighted by molar-refractivity contribution is -0.140. The highest BCUT2D eigenvalue weighted by atomic mass is 16.4. The fourth-order valence-electron chi connectivity index (χ4n) is 3.82. The normalized spacial score (nSPS) is 33.1. The summed E-state index contributed by atoms with van der Waals surface area (Å²) in [4.78, 5) is 11.2. The molecule has 3 nitrogen and oxygen atoms in total. The average Bonchev–Trinajstić information content (AvgIpc) is 2.25. The van der Waals surface area contributed by atoms with Crippen molar-refractivity contribution >= 4 is 5.97 Å². The van der Waals surface area contributed by atoms with Crippen molar-refractivity contribution in [3.63, 3.8) is 0 Å². The van der Waals surface area contributed by atoms with Crippen LogP contribution in [0.4, 0.5) is 0 Å². The molecule has 0 spiro atoms. The van der Waals surface area contributed by atoms with E-state index in [0.717, 1.165) is 25.9 Å². The van der Waals surface area contributed by atoms with Crippen LogP contribution in [-0.2, 0) is 4.79 Å². The monoisotopic (exact) mass is 269 g/mol. The average molecular weight is 269 g/mol. The number of hydrogen-bond acceptors (Lipinski definition) is 2. The molecule has 0 aromatic carbocycles. The molecule has 1 fully saturated rings. The zero-order valence-electron chi connectivity index (χ0n) is 13.0. The van der Waals surface area contributed by atoms with Gasteiger partial charge in [0.15, 0.2) is 0 Å². The molecule has 0 heterocycles. The fraction of sp³-hybridized carbons (Fsp3) is 0.938. The quantitative estimate of drug-likeness (QED) is 0.743. The van der Waals surface area contributed by atoms with E-state index in [0.29, 0.717) is 24.2 Å². The van der Waals surface area contributed by atoms with Gasteiger partial charge in [0.2, 0.25) is 0 Å². The van der Waals surface area contributed by atoms with Crippen molar-refractivity contribution in [3.8, 4) is 0 Å². The molecule has 0 radical (unpaired) electrons. The van der Waals surface area contributed by atoms with Gasteiger partial charge in [-0.2, -0.15) is 0 Å². The van der Waals surface area contributed by atoms with Gasteiger partial charge in [0.25, 0.3) is 0 Å². The molecule has 3 heteroatoms. The van der Waals surface area contributed by atoms with E-state index in [1.54, 1.807) is 0 Å². The number of hydrogen-bond donors (Lipinski definition) is 2. The van der Waals surface area contributed by atoms with Gasteiger partial charge in [0.05, 0.1) is 6.42 Å². The van der Waals surface area contributed by atoms with Crippen LogP contribution in [0.1, 0.15) is 59.8 Å². The fourth-order valence-corrected chi connectivity index (χ4v) is 3.82. The number of carboxylic acid groups (broad SMARTS) is 1. The largest absolute Gasteiger partial charge is 0.481 e. The molecule has 0 aliphatic heterocycles. The van der Waals surface area contributed by atoms with E-state index in [1.165, 1.54) is 12.8 Å². The molecule has 0 aromatic rings. The Bertz CT molecular complexity index is 280. The SMILES string of the molecule is CCC(C)CNCC1(CC(=O)O)C[C@H](C)C[C@H](C)C1. The highest BCUT2D eigenvalue weighted by Crippen LogP contribution is 2.44. The van der Waals surface area contributed by atoms with Crippen molar-refractivity contribution < 1.29 is 9.90 Å².